The van der Waals surface area contributed by atoms with E-state index in [1.165, 1.54) is 43.9 Å². The lowest BCUT2D eigenvalue weighted by Gasteiger charge is -2.56. The zero-order valence-electron chi connectivity index (χ0n) is 16.5. The largest absolute Gasteiger partial charge is 0.508 e. The number of hydrogen-bond donors (Lipinski definition) is 1. The minimum Gasteiger partial charge on any atom is -0.508 e. The number of carbonyl (C=O) groups is 1. The fourth-order valence-corrected chi connectivity index (χ4v) is 7.72. The zero-order valence-corrected chi connectivity index (χ0v) is 18.1. The molecule has 4 bridgehead atoms. The molecule has 0 spiro atoms. The normalized spacial score (nSPS) is 33.8. The van der Waals surface area contributed by atoms with Gasteiger partial charge in [-0.1, -0.05) is 24.0 Å². The quantitative estimate of drug-likeness (QED) is 0.495. The topological polar surface area (TPSA) is 53.7 Å². The highest BCUT2D eigenvalue weighted by Gasteiger charge is 2.53. The van der Waals surface area contributed by atoms with Crippen molar-refractivity contribution in [1.82, 2.24) is 4.90 Å². The molecule has 30 heavy (non-hydrogen) atoms. The van der Waals surface area contributed by atoms with Crippen LogP contribution in [0.3, 0.4) is 0 Å². The molecule has 154 valence electrons. The van der Waals surface area contributed by atoms with Crippen LogP contribution in [0.15, 0.2) is 45.7 Å². The summed E-state index contributed by atoms with van der Waals surface area (Å²) in [6.45, 7) is 0. The molecular weight excluding hydrogens is 414 g/mol. The average molecular weight is 438 g/mol. The molecule has 4 nitrogen and oxygen atoms in total. The second-order valence-electron chi connectivity index (χ2n) is 9.22. The van der Waals surface area contributed by atoms with E-state index in [1.807, 2.05) is 35.2 Å². The second-order valence-corrected chi connectivity index (χ2v) is 10.9. The first-order valence-electron chi connectivity index (χ1n) is 10.7. The summed E-state index contributed by atoms with van der Waals surface area (Å²) in [7, 11) is 0. The molecule has 1 N–H and O–H groups in total. The summed E-state index contributed by atoms with van der Waals surface area (Å²) in [6, 6.07) is 10.9. The van der Waals surface area contributed by atoms with E-state index in [4.69, 9.17) is 16.6 Å². The Hall–Kier alpha value is -2.05. The number of thioether (sulfide) groups is 1. The number of thiocarbonyl (C=S) groups is 1. The molecule has 1 amide bonds. The maximum absolute atomic E-state index is 13.3. The molecule has 4 saturated carbocycles. The average Bonchev–Trinajstić information content (AvgIpc) is 3.28. The van der Waals surface area contributed by atoms with Crippen LogP contribution in [-0.2, 0) is 4.79 Å². The van der Waals surface area contributed by atoms with E-state index >= 15 is 0 Å². The number of hydrogen-bond acceptors (Lipinski definition) is 5. The second kappa shape index (κ2) is 6.99. The number of aromatic hydroxyl groups is 1. The Labute approximate surface area is 185 Å². The highest BCUT2D eigenvalue weighted by molar-refractivity contribution is 8.26. The molecule has 6 heteroatoms. The van der Waals surface area contributed by atoms with Crippen molar-refractivity contribution in [3.05, 3.63) is 47.1 Å². The molecule has 0 unspecified atom stereocenters. The molecule has 0 radical (unpaired) electrons. The summed E-state index contributed by atoms with van der Waals surface area (Å²) in [5.74, 6) is 4.60. The fraction of sp³-hybridized carbons (Fsp3) is 0.417. The Bertz CT molecular complexity index is 1030. The SMILES string of the molecule is O=C1C(=Cc2ccc(-c3ccc(O)cc3)o2)SC(=S)N1C1C2CC3CC(C2)CC1C3. The minimum absolute atomic E-state index is 0.0463. The van der Waals surface area contributed by atoms with Gasteiger partial charge in [-0.25, -0.2) is 0 Å². The van der Waals surface area contributed by atoms with E-state index in [2.05, 4.69) is 0 Å². The van der Waals surface area contributed by atoms with E-state index in [0.717, 1.165) is 17.4 Å². The highest BCUT2D eigenvalue weighted by atomic mass is 32.2. The molecule has 1 aliphatic heterocycles. The predicted octanol–water partition coefficient (Wildman–Crippen LogP) is 5.68. The van der Waals surface area contributed by atoms with Crippen LogP contribution in [0, 0.1) is 23.7 Å². The van der Waals surface area contributed by atoms with Gasteiger partial charge in [0, 0.05) is 17.7 Å². The minimum atomic E-state index is 0.0463. The van der Waals surface area contributed by atoms with Crippen molar-refractivity contribution in [1.29, 1.82) is 0 Å². The third-order valence-electron chi connectivity index (χ3n) is 7.35. The Kier molecular flexibility index (Phi) is 4.36. The lowest BCUT2D eigenvalue weighted by Crippen LogP contribution is -2.57. The molecule has 2 heterocycles. The van der Waals surface area contributed by atoms with Gasteiger partial charge >= 0.3 is 0 Å². The van der Waals surface area contributed by atoms with Crippen molar-refractivity contribution in [2.45, 2.75) is 38.1 Å². The van der Waals surface area contributed by atoms with Gasteiger partial charge in [-0.3, -0.25) is 9.69 Å². The van der Waals surface area contributed by atoms with Crippen molar-refractivity contribution in [2.75, 3.05) is 0 Å². The number of phenols is 1. The summed E-state index contributed by atoms with van der Waals surface area (Å²) in [6.07, 6.45) is 8.28. The van der Waals surface area contributed by atoms with Gasteiger partial charge in [0.25, 0.3) is 5.91 Å². The Balaban J connectivity index is 1.25. The zero-order chi connectivity index (χ0) is 20.4. The van der Waals surface area contributed by atoms with Crippen molar-refractivity contribution >= 4 is 40.3 Å². The van der Waals surface area contributed by atoms with Crippen LogP contribution in [0.25, 0.3) is 17.4 Å². The van der Waals surface area contributed by atoms with Crippen molar-refractivity contribution in [2.24, 2.45) is 23.7 Å². The maximum atomic E-state index is 13.3. The van der Waals surface area contributed by atoms with Crippen LogP contribution in [0.1, 0.15) is 37.9 Å². The summed E-state index contributed by atoms with van der Waals surface area (Å²) < 4.78 is 6.65. The summed E-state index contributed by atoms with van der Waals surface area (Å²) in [5.41, 5.74) is 0.883. The molecule has 0 atom stereocenters. The van der Waals surface area contributed by atoms with E-state index in [1.54, 1.807) is 12.1 Å². The van der Waals surface area contributed by atoms with Crippen LogP contribution in [-0.4, -0.2) is 26.3 Å². The van der Waals surface area contributed by atoms with Gasteiger partial charge in [-0.05, 0) is 92.2 Å². The molecule has 4 aliphatic carbocycles. The smallest absolute Gasteiger partial charge is 0.266 e. The fourth-order valence-electron chi connectivity index (χ4n) is 6.40. The standard InChI is InChI=1S/C24H23NO3S2/c26-18-3-1-15(2-4-18)20-6-5-19(28-20)12-21-23(27)25(24(29)30-21)22-16-8-13-7-14(10-16)11-17(22)9-13/h1-6,12-14,16-17,22,26H,7-11H2. The lowest BCUT2D eigenvalue weighted by molar-refractivity contribution is -0.130. The number of furan rings is 1. The number of carbonyl (C=O) groups excluding carboxylic acids is 1. The van der Waals surface area contributed by atoms with Crippen LogP contribution in [0.2, 0.25) is 0 Å². The van der Waals surface area contributed by atoms with Gasteiger partial charge in [0.2, 0.25) is 0 Å². The van der Waals surface area contributed by atoms with Crippen LogP contribution >= 0.6 is 24.0 Å². The summed E-state index contributed by atoms with van der Waals surface area (Å²) in [5, 5.41) is 9.46. The van der Waals surface area contributed by atoms with Gasteiger partial charge in [0.15, 0.2) is 0 Å². The van der Waals surface area contributed by atoms with Crippen LogP contribution < -0.4 is 0 Å². The number of phenolic OH excluding ortho intramolecular Hbond substituents is 1. The van der Waals surface area contributed by atoms with Gasteiger partial charge in [0.05, 0.1) is 4.91 Å². The molecule has 1 aromatic heterocycles. The first-order chi connectivity index (χ1) is 14.5. The molecule has 5 aliphatic rings. The monoisotopic (exact) mass is 437 g/mol. The lowest BCUT2D eigenvalue weighted by atomic mass is 9.54. The van der Waals surface area contributed by atoms with E-state index in [-0.39, 0.29) is 11.7 Å². The first kappa shape index (κ1) is 18.7. The van der Waals surface area contributed by atoms with Crippen molar-refractivity contribution in [3.8, 4) is 17.1 Å². The molecular formula is C24H23NO3S2. The Morgan fingerprint density at radius 2 is 1.67 bits per heavy atom. The van der Waals surface area contributed by atoms with Gasteiger partial charge in [-0.2, -0.15) is 0 Å². The highest BCUT2D eigenvalue weighted by Crippen LogP contribution is 2.56. The van der Waals surface area contributed by atoms with E-state index in [9.17, 15) is 9.90 Å². The molecule has 1 aromatic carbocycles. The molecule has 7 rings (SSSR count). The Morgan fingerprint density at radius 1 is 1.00 bits per heavy atom. The number of benzene rings is 1. The molecule has 1 saturated heterocycles. The Morgan fingerprint density at radius 3 is 2.33 bits per heavy atom. The molecule has 5 fully saturated rings. The third kappa shape index (κ3) is 3.04. The number of rotatable bonds is 3. The number of amides is 1. The first-order valence-corrected chi connectivity index (χ1v) is 11.9. The van der Waals surface area contributed by atoms with Crippen LogP contribution in [0.5, 0.6) is 5.75 Å². The van der Waals surface area contributed by atoms with Gasteiger partial charge in [-0.15, -0.1) is 0 Å². The maximum Gasteiger partial charge on any atom is 0.266 e. The van der Waals surface area contributed by atoms with E-state index in [0.29, 0.717) is 38.6 Å². The van der Waals surface area contributed by atoms with Crippen molar-refractivity contribution < 1.29 is 14.3 Å². The van der Waals surface area contributed by atoms with E-state index < -0.39 is 0 Å². The van der Waals surface area contributed by atoms with Gasteiger partial charge in [0.1, 0.15) is 21.6 Å². The summed E-state index contributed by atoms with van der Waals surface area (Å²) >= 11 is 7.08. The van der Waals surface area contributed by atoms with Crippen LogP contribution in [0.4, 0.5) is 0 Å². The molecule has 2 aromatic rings. The third-order valence-corrected chi connectivity index (χ3v) is 8.68. The summed E-state index contributed by atoms with van der Waals surface area (Å²) in [4.78, 5) is 15.9. The number of nitrogens with zero attached hydrogens (tertiary/aromatic N) is 1. The van der Waals surface area contributed by atoms with Crippen molar-refractivity contribution in [3.63, 3.8) is 0 Å². The predicted molar refractivity (Wildman–Crippen MR) is 122 cm³/mol. The van der Waals surface area contributed by atoms with Gasteiger partial charge < -0.3 is 9.52 Å².